The average molecular weight is 613 g/mol. The standard InChI is InChI=1S/C30H33IN2O4/c1-36-27-13-7-10-23(18-27)20-33(29(34)21-37-26-16-14-24(31)15-17-26)28(19-22-8-3-2-4-9-22)30(35)32-25-11-5-6-12-25/h2-4,7-10,13-18,25,28H,5-6,11-12,19-21H2,1H3,(H,32,35)/t28-/m0/s1. The van der Waals surface area contributed by atoms with Crippen LogP contribution in [0.2, 0.25) is 0 Å². The molecule has 2 amide bonds. The molecule has 0 spiro atoms. The highest BCUT2D eigenvalue weighted by Crippen LogP contribution is 2.22. The van der Waals surface area contributed by atoms with Crippen molar-refractivity contribution in [2.24, 2.45) is 0 Å². The number of ether oxygens (including phenoxy) is 2. The molecule has 0 heterocycles. The van der Waals surface area contributed by atoms with Crippen molar-refractivity contribution in [1.82, 2.24) is 10.2 Å². The summed E-state index contributed by atoms with van der Waals surface area (Å²) >= 11 is 2.23. The Morgan fingerprint density at radius 2 is 1.65 bits per heavy atom. The van der Waals surface area contributed by atoms with Crippen LogP contribution in [0.25, 0.3) is 0 Å². The van der Waals surface area contributed by atoms with Gasteiger partial charge in [-0.05, 0) is 83.0 Å². The van der Waals surface area contributed by atoms with Crippen LogP contribution in [-0.2, 0) is 22.6 Å². The lowest BCUT2D eigenvalue weighted by atomic mass is 10.0. The summed E-state index contributed by atoms with van der Waals surface area (Å²) in [7, 11) is 1.62. The minimum Gasteiger partial charge on any atom is -0.497 e. The van der Waals surface area contributed by atoms with E-state index in [0.717, 1.165) is 40.4 Å². The fraction of sp³-hybridized carbons (Fsp3) is 0.333. The van der Waals surface area contributed by atoms with Crippen molar-refractivity contribution < 1.29 is 19.1 Å². The molecule has 194 valence electrons. The predicted octanol–water partition coefficient (Wildman–Crippen LogP) is 5.38. The third-order valence-electron chi connectivity index (χ3n) is 6.64. The lowest BCUT2D eigenvalue weighted by Gasteiger charge is -2.32. The number of hydrogen-bond donors (Lipinski definition) is 1. The molecule has 6 nitrogen and oxygen atoms in total. The van der Waals surface area contributed by atoms with Gasteiger partial charge in [-0.1, -0.05) is 55.3 Å². The van der Waals surface area contributed by atoms with Gasteiger partial charge in [-0.15, -0.1) is 0 Å². The molecular formula is C30H33IN2O4. The van der Waals surface area contributed by atoms with Gasteiger partial charge in [0, 0.05) is 22.6 Å². The molecule has 0 unspecified atom stereocenters. The van der Waals surface area contributed by atoms with E-state index in [4.69, 9.17) is 9.47 Å². The van der Waals surface area contributed by atoms with Crippen LogP contribution < -0.4 is 14.8 Å². The van der Waals surface area contributed by atoms with Crippen molar-refractivity contribution in [3.05, 3.63) is 93.6 Å². The first-order valence-corrected chi connectivity index (χ1v) is 13.7. The number of amides is 2. The van der Waals surface area contributed by atoms with Crippen molar-refractivity contribution in [3.8, 4) is 11.5 Å². The van der Waals surface area contributed by atoms with E-state index in [-0.39, 0.29) is 31.0 Å². The molecular weight excluding hydrogens is 579 g/mol. The Morgan fingerprint density at radius 1 is 0.946 bits per heavy atom. The smallest absolute Gasteiger partial charge is 0.261 e. The Bertz CT molecular complexity index is 1160. The average Bonchev–Trinajstić information content (AvgIpc) is 3.44. The van der Waals surface area contributed by atoms with Crippen LogP contribution in [0.5, 0.6) is 11.5 Å². The highest BCUT2D eigenvalue weighted by atomic mass is 127. The van der Waals surface area contributed by atoms with Crippen LogP contribution in [0.15, 0.2) is 78.9 Å². The minimum absolute atomic E-state index is 0.124. The Kier molecular flexibility index (Phi) is 9.82. The molecule has 1 atom stereocenters. The zero-order valence-corrected chi connectivity index (χ0v) is 23.2. The molecule has 3 aromatic rings. The molecule has 1 aliphatic rings. The molecule has 0 radical (unpaired) electrons. The van der Waals surface area contributed by atoms with E-state index in [9.17, 15) is 9.59 Å². The van der Waals surface area contributed by atoms with E-state index < -0.39 is 6.04 Å². The maximum atomic E-state index is 13.7. The molecule has 0 saturated heterocycles. The zero-order valence-electron chi connectivity index (χ0n) is 21.1. The van der Waals surface area contributed by atoms with Crippen molar-refractivity contribution in [2.75, 3.05) is 13.7 Å². The molecule has 0 aromatic heterocycles. The maximum absolute atomic E-state index is 13.7. The number of carbonyl (C=O) groups is 2. The summed E-state index contributed by atoms with van der Waals surface area (Å²) in [5, 5.41) is 3.22. The normalized spacial score (nSPS) is 14.1. The molecule has 0 bridgehead atoms. The van der Waals surface area contributed by atoms with Crippen molar-refractivity contribution in [3.63, 3.8) is 0 Å². The minimum atomic E-state index is -0.679. The molecule has 7 heteroatoms. The monoisotopic (exact) mass is 612 g/mol. The van der Waals surface area contributed by atoms with E-state index in [2.05, 4.69) is 27.9 Å². The molecule has 4 rings (SSSR count). The summed E-state index contributed by atoms with van der Waals surface area (Å²) < 4.78 is 12.3. The summed E-state index contributed by atoms with van der Waals surface area (Å²) in [4.78, 5) is 29.1. The first-order valence-electron chi connectivity index (χ1n) is 12.7. The molecule has 3 aromatic carbocycles. The van der Waals surface area contributed by atoms with Crippen LogP contribution >= 0.6 is 22.6 Å². The van der Waals surface area contributed by atoms with Crippen LogP contribution in [0.3, 0.4) is 0 Å². The van der Waals surface area contributed by atoms with E-state index >= 15 is 0 Å². The summed E-state index contributed by atoms with van der Waals surface area (Å²) in [5.41, 5.74) is 1.88. The second-order valence-corrected chi connectivity index (χ2v) is 10.6. The fourth-order valence-corrected chi connectivity index (χ4v) is 5.01. The molecule has 1 saturated carbocycles. The number of methoxy groups -OCH3 is 1. The van der Waals surface area contributed by atoms with Crippen molar-refractivity contribution in [1.29, 1.82) is 0 Å². The number of benzene rings is 3. The van der Waals surface area contributed by atoms with Gasteiger partial charge in [-0.3, -0.25) is 9.59 Å². The summed E-state index contributed by atoms with van der Waals surface area (Å²) in [6, 6.07) is 24.5. The predicted molar refractivity (Wildman–Crippen MR) is 153 cm³/mol. The van der Waals surface area contributed by atoms with Gasteiger partial charge in [-0.2, -0.15) is 0 Å². The Morgan fingerprint density at radius 3 is 2.35 bits per heavy atom. The lowest BCUT2D eigenvalue weighted by Crippen LogP contribution is -2.53. The summed E-state index contributed by atoms with van der Waals surface area (Å²) in [6.45, 7) is 0.105. The van der Waals surface area contributed by atoms with Gasteiger partial charge in [-0.25, -0.2) is 0 Å². The topological polar surface area (TPSA) is 67.9 Å². The number of carbonyl (C=O) groups excluding carboxylic acids is 2. The zero-order chi connectivity index (χ0) is 26.0. The van der Waals surface area contributed by atoms with E-state index in [1.54, 1.807) is 12.0 Å². The number of nitrogens with one attached hydrogen (secondary N) is 1. The molecule has 1 aliphatic carbocycles. The lowest BCUT2D eigenvalue weighted by molar-refractivity contribution is -0.143. The second kappa shape index (κ2) is 13.5. The van der Waals surface area contributed by atoms with Crippen LogP contribution in [0, 0.1) is 3.57 Å². The van der Waals surface area contributed by atoms with Crippen molar-refractivity contribution >= 4 is 34.4 Å². The molecule has 1 N–H and O–H groups in total. The number of rotatable bonds is 11. The molecule has 1 fully saturated rings. The van der Waals surface area contributed by atoms with E-state index in [1.807, 2.05) is 78.9 Å². The highest BCUT2D eigenvalue weighted by molar-refractivity contribution is 14.1. The second-order valence-electron chi connectivity index (χ2n) is 9.31. The van der Waals surface area contributed by atoms with Gasteiger partial charge in [0.15, 0.2) is 6.61 Å². The summed E-state index contributed by atoms with van der Waals surface area (Å²) in [5.74, 6) is 0.949. The van der Waals surface area contributed by atoms with Crippen LogP contribution in [0.4, 0.5) is 0 Å². The number of halogens is 1. The van der Waals surface area contributed by atoms with E-state index in [1.165, 1.54) is 0 Å². The van der Waals surface area contributed by atoms with Gasteiger partial charge in [0.2, 0.25) is 5.91 Å². The molecule has 0 aliphatic heterocycles. The van der Waals surface area contributed by atoms with E-state index in [0.29, 0.717) is 17.9 Å². The Hall–Kier alpha value is -3.07. The SMILES string of the molecule is COc1cccc(CN(C(=O)COc2ccc(I)cc2)[C@@H](Cc2ccccc2)C(=O)NC2CCCC2)c1. The first kappa shape index (κ1) is 27.0. The Labute approximate surface area is 232 Å². The van der Waals surface area contributed by atoms with Gasteiger partial charge < -0.3 is 19.7 Å². The van der Waals surface area contributed by atoms with Crippen LogP contribution in [0.1, 0.15) is 36.8 Å². The number of nitrogens with zero attached hydrogens (tertiary/aromatic N) is 1. The van der Waals surface area contributed by atoms with Gasteiger partial charge in [0.25, 0.3) is 5.91 Å². The van der Waals surface area contributed by atoms with Gasteiger partial charge >= 0.3 is 0 Å². The highest BCUT2D eigenvalue weighted by Gasteiger charge is 2.32. The quantitative estimate of drug-likeness (QED) is 0.296. The largest absolute Gasteiger partial charge is 0.497 e. The third kappa shape index (κ3) is 7.95. The first-order chi connectivity index (χ1) is 18.0. The van der Waals surface area contributed by atoms with Gasteiger partial charge in [0.05, 0.1) is 7.11 Å². The Balaban J connectivity index is 1.61. The number of hydrogen-bond acceptors (Lipinski definition) is 4. The maximum Gasteiger partial charge on any atom is 0.261 e. The summed E-state index contributed by atoms with van der Waals surface area (Å²) in [6.07, 6.45) is 4.60. The van der Waals surface area contributed by atoms with Gasteiger partial charge in [0.1, 0.15) is 17.5 Å². The molecule has 37 heavy (non-hydrogen) atoms. The van der Waals surface area contributed by atoms with Crippen molar-refractivity contribution in [2.45, 2.75) is 50.7 Å². The fourth-order valence-electron chi connectivity index (χ4n) is 4.65. The third-order valence-corrected chi connectivity index (χ3v) is 7.35. The van der Waals surface area contributed by atoms with Crippen LogP contribution in [-0.4, -0.2) is 42.5 Å².